The standard InChI is InChI=1S/C20H21N3/c1-2-3-6-15-9-11-16(12-10-15)22-23-20-14-13-19(21)17-7-4-5-8-18(17)20/h4-5,7-14H,2-3,6,21H2,1H3. The van der Waals surface area contributed by atoms with Gasteiger partial charge in [0.15, 0.2) is 0 Å². The number of nitrogens with two attached hydrogens (primary N) is 1. The summed E-state index contributed by atoms with van der Waals surface area (Å²) in [5.74, 6) is 0. The van der Waals surface area contributed by atoms with Crippen LogP contribution in [0.15, 0.2) is 70.9 Å². The zero-order valence-corrected chi connectivity index (χ0v) is 13.4. The summed E-state index contributed by atoms with van der Waals surface area (Å²) in [5, 5.41) is 10.8. The first-order chi connectivity index (χ1) is 11.3. The van der Waals surface area contributed by atoms with Crippen LogP contribution in [0.1, 0.15) is 25.3 Å². The quantitative estimate of drug-likeness (QED) is 0.444. The van der Waals surface area contributed by atoms with E-state index in [4.69, 9.17) is 5.73 Å². The minimum absolute atomic E-state index is 0.764. The van der Waals surface area contributed by atoms with E-state index in [1.54, 1.807) is 0 Å². The first-order valence-corrected chi connectivity index (χ1v) is 8.06. The molecule has 0 amide bonds. The van der Waals surface area contributed by atoms with Crippen LogP contribution in [-0.2, 0) is 6.42 Å². The van der Waals surface area contributed by atoms with Gasteiger partial charge >= 0.3 is 0 Å². The minimum atomic E-state index is 0.764. The van der Waals surface area contributed by atoms with Gasteiger partial charge in [0.05, 0.1) is 11.4 Å². The lowest BCUT2D eigenvalue weighted by Gasteiger charge is -2.04. The van der Waals surface area contributed by atoms with E-state index in [-0.39, 0.29) is 0 Å². The third-order valence-electron chi connectivity index (χ3n) is 3.96. The lowest BCUT2D eigenvalue weighted by Crippen LogP contribution is -1.86. The smallest absolute Gasteiger partial charge is 0.0936 e. The molecule has 3 nitrogen and oxygen atoms in total. The molecule has 0 aliphatic heterocycles. The van der Waals surface area contributed by atoms with Crippen LogP contribution in [0.5, 0.6) is 0 Å². The van der Waals surface area contributed by atoms with Crippen molar-refractivity contribution >= 4 is 27.8 Å². The molecule has 2 N–H and O–H groups in total. The highest BCUT2D eigenvalue weighted by Crippen LogP contribution is 2.31. The number of nitrogen functional groups attached to an aromatic ring is 1. The van der Waals surface area contributed by atoms with Crippen molar-refractivity contribution in [2.45, 2.75) is 26.2 Å². The molecule has 3 rings (SSSR count). The van der Waals surface area contributed by atoms with Gasteiger partial charge in [0, 0.05) is 16.5 Å². The van der Waals surface area contributed by atoms with Crippen LogP contribution >= 0.6 is 0 Å². The van der Waals surface area contributed by atoms with E-state index in [1.807, 2.05) is 48.5 Å². The third kappa shape index (κ3) is 3.57. The maximum Gasteiger partial charge on any atom is 0.0936 e. The summed E-state index contributed by atoms with van der Waals surface area (Å²) in [5.41, 5.74) is 9.84. The first-order valence-electron chi connectivity index (χ1n) is 8.06. The number of benzene rings is 3. The van der Waals surface area contributed by atoms with Crippen LogP contribution in [0.3, 0.4) is 0 Å². The molecule has 23 heavy (non-hydrogen) atoms. The summed E-state index contributed by atoms with van der Waals surface area (Å²) in [7, 11) is 0. The Balaban J connectivity index is 1.84. The fourth-order valence-corrected chi connectivity index (χ4v) is 2.62. The van der Waals surface area contributed by atoms with Gasteiger partial charge in [0.2, 0.25) is 0 Å². The summed E-state index contributed by atoms with van der Waals surface area (Å²) in [6.45, 7) is 2.21. The van der Waals surface area contributed by atoms with Crippen LogP contribution in [0.2, 0.25) is 0 Å². The van der Waals surface area contributed by atoms with Crippen LogP contribution in [-0.4, -0.2) is 0 Å². The van der Waals surface area contributed by atoms with E-state index in [2.05, 4.69) is 29.3 Å². The molecule has 3 heteroatoms. The zero-order chi connectivity index (χ0) is 16.1. The maximum absolute atomic E-state index is 6.02. The number of azo groups is 1. The van der Waals surface area contributed by atoms with Gasteiger partial charge in [-0.25, -0.2) is 0 Å². The van der Waals surface area contributed by atoms with Crippen molar-refractivity contribution < 1.29 is 0 Å². The van der Waals surface area contributed by atoms with Gasteiger partial charge in [-0.15, -0.1) is 5.11 Å². The Kier molecular flexibility index (Phi) is 4.67. The second-order valence-corrected chi connectivity index (χ2v) is 5.69. The fourth-order valence-electron chi connectivity index (χ4n) is 2.62. The molecule has 0 aromatic heterocycles. The molecular formula is C20H21N3. The summed E-state index contributed by atoms with van der Waals surface area (Å²) in [6.07, 6.45) is 3.56. The molecule has 0 fully saturated rings. The van der Waals surface area contributed by atoms with Gasteiger partial charge in [0.1, 0.15) is 0 Å². The average molecular weight is 303 g/mol. The Morgan fingerprint density at radius 3 is 2.30 bits per heavy atom. The minimum Gasteiger partial charge on any atom is -0.398 e. The van der Waals surface area contributed by atoms with Crippen molar-refractivity contribution in [3.8, 4) is 0 Å². The predicted octanol–water partition coefficient (Wildman–Crippen LogP) is 6.18. The molecule has 3 aromatic rings. The largest absolute Gasteiger partial charge is 0.398 e. The number of nitrogens with zero attached hydrogens (tertiary/aromatic N) is 2. The van der Waals surface area contributed by atoms with Crippen molar-refractivity contribution in [3.05, 3.63) is 66.2 Å². The lowest BCUT2D eigenvalue weighted by molar-refractivity contribution is 0.795. The number of hydrogen-bond acceptors (Lipinski definition) is 3. The van der Waals surface area contributed by atoms with E-state index < -0.39 is 0 Å². The SMILES string of the molecule is CCCCc1ccc(N=Nc2ccc(N)c3ccccc23)cc1. The van der Waals surface area contributed by atoms with Crippen LogP contribution in [0, 0.1) is 0 Å². The molecule has 0 saturated carbocycles. The van der Waals surface area contributed by atoms with Gasteiger partial charge in [0.25, 0.3) is 0 Å². The number of fused-ring (bicyclic) bond motifs is 1. The molecule has 116 valence electrons. The zero-order valence-electron chi connectivity index (χ0n) is 13.4. The Labute approximate surface area is 136 Å². The maximum atomic E-state index is 6.02. The van der Waals surface area contributed by atoms with Crippen molar-refractivity contribution in [2.75, 3.05) is 5.73 Å². The van der Waals surface area contributed by atoms with Crippen molar-refractivity contribution in [1.82, 2.24) is 0 Å². The molecule has 0 bridgehead atoms. The van der Waals surface area contributed by atoms with Crippen LogP contribution in [0.25, 0.3) is 10.8 Å². The number of rotatable bonds is 5. The monoisotopic (exact) mass is 303 g/mol. The predicted molar refractivity (Wildman–Crippen MR) is 97.6 cm³/mol. The number of hydrogen-bond donors (Lipinski definition) is 1. The molecule has 0 atom stereocenters. The van der Waals surface area contributed by atoms with E-state index >= 15 is 0 Å². The van der Waals surface area contributed by atoms with Crippen molar-refractivity contribution in [3.63, 3.8) is 0 Å². The van der Waals surface area contributed by atoms with Gasteiger partial charge in [-0.2, -0.15) is 5.11 Å². The van der Waals surface area contributed by atoms with Crippen LogP contribution < -0.4 is 5.73 Å². The topological polar surface area (TPSA) is 50.7 Å². The first kappa shape index (κ1) is 15.2. The molecule has 0 aliphatic carbocycles. The number of aryl methyl sites for hydroxylation is 1. The van der Waals surface area contributed by atoms with Gasteiger partial charge in [-0.1, -0.05) is 49.7 Å². The summed E-state index contributed by atoms with van der Waals surface area (Å²) >= 11 is 0. The normalized spacial score (nSPS) is 11.3. The summed E-state index contributed by atoms with van der Waals surface area (Å²) < 4.78 is 0. The van der Waals surface area contributed by atoms with Gasteiger partial charge in [-0.05, 0) is 42.7 Å². The molecular weight excluding hydrogens is 282 g/mol. The number of unbranched alkanes of at least 4 members (excludes halogenated alkanes) is 1. The Morgan fingerprint density at radius 1 is 0.826 bits per heavy atom. The summed E-state index contributed by atoms with van der Waals surface area (Å²) in [4.78, 5) is 0. The molecule has 0 aliphatic rings. The third-order valence-corrected chi connectivity index (χ3v) is 3.96. The Bertz CT molecular complexity index is 820. The van der Waals surface area contributed by atoms with Gasteiger partial charge < -0.3 is 5.73 Å². The average Bonchev–Trinajstić information content (AvgIpc) is 2.60. The van der Waals surface area contributed by atoms with Crippen molar-refractivity contribution in [1.29, 1.82) is 0 Å². The second-order valence-electron chi connectivity index (χ2n) is 5.69. The second kappa shape index (κ2) is 7.05. The van der Waals surface area contributed by atoms with E-state index in [0.29, 0.717) is 0 Å². The molecule has 3 aromatic carbocycles. The molecule has 0 heterocycles. The Hall–Kier alpha value is -2.68. The fraction of sp³-hybridized carbons (Fsp3) is 0.200. The molecule has 0 unspecified atom stereocenters. The highest BCUT2D eigenvalue weighted by atomic mass is 15.1. The summed E-state index contributed by atoms with van der Waals surface area (Å²) in [6, 6.07) is 20.1. The lowest BCUT2D eigenvalue weighted by atomic mass is 10.1. The van der Waals surface area contributed by atoms with Crippen molar-refractivity contribution in [2.24, 2.45) is 10.2 Å². The molecule has 0 radical (unpaired) electrons. The van der Waals surface area contributed by atoms with E-state index in [9.17, 15) is 0 Å². The highest BCUT2D eigenvalue weighted by Gasteiger charge is 2.02. The van der Waals surface area contributed by atoms with E-state index in [0.717, 1.165) is 34.3 Å². The van der Waals surface area contributed by atoms with Gasteiger partial charge in [-0.3, -0.25) is 0 Å². The Morgan fingerprint density at radius 2 is 1.57 bits per heavy atom. The molecule has 0 saturated heterocycles. The van der Waals surface area contributed by atoms with E-state index in [1.165, 1.54) is 18.4 Å². The number of anilines is 1. The highest BCUT2D eigenvalue weighted by molar-refractivity contribution is 5.99. The van der Waals surface area contributed by atoms with Crippen LogP contribution in [0.4, 0.5) is 17.1 Å². The molecule has 0 spiro atoms.